The van der Waals surface area contributed by atoms with Crippen molar-refractivity contribution in [1.82, 2.24) is 5.32 Å². The van der Waals surface area contributed by atoms with Crippen molar-refractivity contribution < 1.29 is 26.6 Å². The summed E-state index contributed by atoms with van der Waals surface area (Å²) < 4.78 is 58.0. The topological polar surface area (TPSA) is 46.2 Å². The molecule has 0 aromatic rings. The van der Waals surface area contributed by atoms with Crippen LogP contribution in [0.15, 0.2) is 0 Å². The molecule has 14 heavy (non-hydrogen) atoms. The third-order valence-electron chi connectivity index (χ3n) is 1.25. The van der Waals surface area contributed by atoms with Crippen molar-refractivity contribution in [2.24, 2.45) is 0 Å². The van der Waals surface area contributed by atoms with Gasteiger partial charge in [0, 0.05) is 29.4 Å². The van der Waals surface area contributed by atoms with Crippen LogP contribution in [-0.4, -0.2) is 41.0 Å². The van der Waals surface area contributed by atoms with Crippen molar-refractivity contribution >= 4 is 16.7 Å². The quantitative estimate of drug-likeness (QED) is 0.700. The van der Waals surface area contributed by atoms with E-state index >= 15 is 0 Å². The summed E-state index contributed by atoms with van der Waals surface area (Å²) in [5, 5.41) is 1.57. The molecule has 0 saturated heterocycles. The van der Waals surface area contributed by atoms with Crippen LogP contribution in [0.5, 0.6) is 0 Å². The number of halogens is 4. The molecule has 0 fully saturated rings. The maximum absolute atomic E-state index is 12.2. The van der Waals surface area contributed by atoms with Gasteiger partial charge in [-0.05, 0) is 0 Å². The molecule has 0 heterocycles. The highest BCUT2D eigenvalue weighted by atomic mass is 32.2. The van der Waals surface area contributed by atoms with E-state index in [1.165, 1.54) is 6.26 Å². The summed E-state index contributed by atoms with van der Waals surface area (Å²) in [6.45, 7) is -0.315. The Labute approximate surface area is 80.3 Å². The van der Waals surface area contributed by atoms with Gasteiger partial charge in [0.2, 0.25) is 0 Å². The van der Waals surface area contributed by atoms with Crippen molar-refractivity contribution in [3.05, 3.63) is 0 Å². The van der Waals surface area contributed by atoms with Crippen LogP contribution in [0.1, 0.15) is 0 Å². The summed E-state index contributed by atoms with van der Waals surface area (Å²) in [5.41, 5.74) is 0. The second-order valence-electron chi connectivity index (χ2n) is 2.46. The molecule has 8 heteroatoms. The first-order chi connectivity index (χ1) is 6.28. The zero-order valence-corrected chi connectivity index (χ0v) is 8.04. The van der Waals surface area contributed by atoms with E-state index in [0.29, 0.717) is 0 Å². The van der Waals surface area contributed by atoms with Gasteiger partial charge < -0.3 is 5.32 Å². The minimum absolute atomic E-state index is 0.0505. The molecule has 0 aliphatic carbocycles. The predicted octanol–water partition coefficient (Wildman–Crippen LogP) is 0.382. The summed E-state index contributed by atoms with van der Waals surface area (Å²) in [4.78, 5) is 10.4. The smallest absolute Gasteiger partial charge is 0.350 e. The largest absolute Gasteiger partial charge is 0.383 e. The van der Waals surface area contributed by atoms with Crippen LogP contribution in [0.3, 0.4) is 0 Å². The third kappa shape index (κ3) is 4.03. The minimum atomic E-state index is -4.69. The van der Waals surface area contributed by atoms with Crippen molar-refractivity contribution in [3.8, 4) is 0 Å². The molecule has 3 nitrogen and oxygen atoms in total. The molecule has 0 saturated carbocycles. The maximum atomic E-state index is 12.2. The number of alkyl halides is 4. The lowest BCUT2D eigenvalue weighted by Gasteiger charge is -2.14. The summed E-state index contributed by atoms with van der Waals surface area (Å²) >= 11 is 0. The summed E-state index contributed by atoms with van der Waals surface area (Å²) in [6, 6.07) is 0. The molecule has 0 bridgehead atoms. The number of carbonyl (C=O) groups is 1. The van der Waals surface area contributed by atoms with Gasteiger partial charge in [-0.15, -0.1) is 0 Å². The van der Waals surface area contributed by atoms with Crippen LogP contribution >= 0.6 is 0 Å². The Morgan fingerprint density at radius 1 is 1.50 bits per heavy atom. The van der Waals surface area contributed by atoms with Crippen LogP contribution in [0.4, 0.5) is 17.6 Å². The number of hydrogen-bond acceptors (Lipinski definition) is 2. The summed E-state index contributed by atoms with van der Waals surface area (Å²) in [6.07, 6.45) is -2.73. The average molecular weight is 235 g/mol. The fraction of sp³-hybridized carbons (Fsp3) is 0.833. The van der Waals surface area contributed by atoms with Crippen molar-refractivity contribution in [1.29, 1.82) is 0 Å². The van der Waals surface area contributed by atoms with Gasteiger partial charge in [0.25, 0.3) is 5.91 Å². The van der Waals surface area contributed by atoms with Gasteiger partial charge in [0.15, 0.2) is 0 Å². The van der Waals surface area contributed by atoms with E-state index in [4.69, 9.17) is 0 Å². The molecule has 0 rings (SSSR count). The highest BCUT2D eigenvalue weighted by molar-refractivity contribution is 7.84. The van der Waals surface area contributed by atoms with Crippen molar-refractivity contribution in [3.63, 3.8) is 0 Å². The third-order valence-corrected chi connectivity index (χ3v) is 2.03. The molecule has 1 N–H and O–H groups in total. The molecule has 1 amide bonds. The zero-order chi connectivity index (χ0) is 11.4. The van der Waals surface area contributed by atoms with Crippen molar-refractivity contribution in [2.45, 2.75) is 12.3 Å². The average Bonchev–Trinajstić information content (AvgIpc) is 2.02. The number of nitrogens with one attached hydrogen (secondary N) is 1. The molecule has 0 radical (unpaired) electrons. The molecule has 0 aromatic heterocycles. The van der Waals surface area contributed by atoms with E-state index in [2.05, 4.69) is 0 Å². The van der Waals surface area contributed by atoms with E-state index in [-0.39, 0.29) is 12.3 Å². The first kappa shape index (κ1) is 13.3. The van der Waals surface area contributed by atoms with Crippen LogP contribution in [-0.2, 0) is 15.6 Å². The van der Waals surface area contributed by atoms with Gasteiger partial charge in [-0.1, -0.05) is 0 Å². The molecule has 1 atom stereocenters. The van der Waals surface area contributed by atoms with Gasteiger partial charge >= 0.3 is 12.3 Å². The standard InChI is InChI=1S/C6H9F4NO2S/c1-14(13)3-2-11-5(12)6(9,10)4(7)8/h4H,2-3H2,1H3,(H,11,12). The highest BCUT2D eigenvalue weighted by Gasteiger charge is 2.48. The van der Waals surface area contributed by atoms with E-state index < -0.39 is 29.1 Å². The number of hydrogen-bond donors (Lipinski definition) is 1. The Balaban J connectivity index is 4.02. The van der Waals surface area contributed by atoms with Crippen LogP contribution in [0, 0.1) is 0 Å². The van der Waals surface area contributed by atoms with Gasteiger partial charge in [0.05, 0.1) is 0 Å². The maximum Gasteiger partial charge on any atom is 0.383 e. The summed E-state index contributed by atoms with van der Waals surface area (Å²) in [7, 11) is -1.27. The molecular formula is C6H9F4NO2S. The molecule has 0 aliphatic rings. The lowest BCUT2D eigenvalue weighted by atomic mass is 10.3. The fourth-order valence-electron chi connectivity index (χ4n) is 0.525. The van der Waals surface area contributed by atoms with E-state index in [9.17, 15) is 26.6 Å². The lowest BCUT2D eigenvalue weighted by molar-refractivity contribution is -0.169. The molecule has 0 spiro atoms. The molecule has 0 aliphatic heterocycles. The second-order valence-corrected chi connectivity index (χ2v) is 4.01. The fourth-order valence-corrected chi connectivity index (χ4v) is 0.915. The van der Waals surface area contributed by atoms with Gasteiger partial charge in [0.1, 0.15) is 0 Å². The zero-order valence-electron chi connectivity index (χ0n) is 7.23. The second kappa shape index (κ2) is 5.28. The predicted molar refractivity (Wildman–Crippen MR) is 42.9 cm³/mol. The highest BCUT2D eigenvalue weighted by Crippen LogP contribution is 2.22. The Hall–Kier alpha value is -0.660. The SMILES string of the molecule is CS(=O)CCNC(=O)C(F)(F)C(F)F. The molecule has 0 aromatic carbocycles. The monoisotopic (exact) mass is 235 g/mol. The molecule has 84 valence electrons. The Morgan fingerprint density at radius 2 is 2.00 bits per heavy atom. The van der Waals surface area contributed by atoms with E-state index in [1.54, 1.807) is 5.32 Å². The van der Waals surface area contributed by atoms with Crippen LogP contribution < -0.4 is 5.32 Å². The van der Waals surface area contributed by atoms with Crippen LogP contribution in [0.2, 0.25) is 0 Å². The minimum Gasteiger partial charge on any atom is -0.350 e. The van der Waals surface area contributed by atoms with E-state index in [0.717, 1.165) is 0 Å². The van der Waals surface area contributed by atoms with Gasteiger partial charge in [-0.2, -0.15) is 8.78 Å². The number of rotatable bonds is 5. The van der Waals surface area contributed by atoms with Gasteiger partial charge in [-0.25, -0.2) is 8.78 Å². The molecular weight excluding hydrogens is 226 g/mol. The summed E-state index contributed by atoms with van der Waals surface area (Å²) in [5.74, 6) is -6.78. The lowest BCUT2D eigenvalue weighted by Crippen LogP contribution is -2.46. The Bertz CT molecular complexity index is 234. The molecule has 1 unspecified atom stereocenters. The van der Waals surface area contributed by atoms with Crippen molar-refractivity contribution in [2.75, 3.05) is 18.6 Å². The Kier molecular flexibility index (Phi) is 5.03. The number of amides is 1. The van der Waals surface area contributed by atoms with Crippen LogP contribution in [0.25, 0.3) is 0 Å². The van der Waals surface area contributed by atoms with Gasteiger partial charge in [-0.3, -0.25) is 9.00 Å². The Morgan fingerprint density at radius 3 is 2.36 bits per heavy atom. The first-order valence-corrected chi connectivity index (χ1v) is 5.25. The number of carbonyl (C=O) groups excluding carboxylic acids is 1. The first-order valence-electron chi connectivity index (χ1n) is 3.52. The normalized spacial score (nSPS) is 14.1. The van der Waals surface area contributed by atoms with E-state index in [1.807, 2.05) is 0 Å².